The fourth-order valence-corrected chi connectivity index (χ4v) is 3.85. The van der Waals surface area contributed by atoms with Gasteiger partial charge in [-0.05, 0) is 31.9 Å². The van der Waals surface area contributed by atoms with E-state index in [0.717, 1.165) is 18.4 Å². The maximum Gasteiger partial charge on any atom is 0.352 e. The molecule has 0 spiro atoms. The molecule has 9 heteroatoms. The summed E-state index contributed by atoms with van der Waals surface area (Å²) in [6.45, 7) is 5.80. The highest BCUT2D eigenvalue weighted by Gasteiger charge is 2.43. The summed E-state index contributed by atoms with van der Waals surface area (Å²) in [7, 11) is 1.55. The zero-order valence-corrected chi connectivity index (χ0v) is 17.9. The Hall–Kier alpha value is -3.49. The number of nitrogens with zero attached hydrogens (tertiary/aromatic N) is 2. The third-order valence-electron chi connectivity index (χ3n) is 5.32. The second-order valence-corrected chi connectivity index (χ2v) is 7.99. The highest BCUT2D eigenvalue weighted by atomic mass is 16.7. The predicted molar refractivity (Wildman–Crippen MR) is 111 cm³/mol. The monoisotopic (exact) mass is 427 g/mol. The molecule has 2 aliphatic rings. The molecule has 1 N–H and O–H groups in total. The molecule has 0 radical (unpaired) electrons. The predicted octanol–water partition coefficient (Wildman–Crippen LogP) is 3.29. The number of rotatable bonds is 5. The van der Waals surface area contributed by atoms with Gasteiger partial charge < -0.3 is 28.8 Å². The van der Waals surface area contributed by atoms with Crippen molar-refractivity contribution in [3.8, 4) is 17.1 Å². The average Bonchev–Trinajstić information content (AvgIpc) is 3.37. The lowest BCUT2D eigenvalue weighted by atomic mass is 10.1. The van der Waals surface area contributed by atoms with E-state index in [4.69, 9.17) is 18.6 Å². The first-order chi connectivity index (χ1) is 14.8. The summed E-state index contributed by atoms with van der Waals surface area (Å²) in [5.74, 6) is -1.25. The Bertz CT molecular complexity index is 1010. The third-order valence-corrected chi connectivity index (χ3v) is 5.32. The number of benzene rings is 1. The summed E-state index contributed by atoms with van der Waals surface area (Å²) >= 11 is 0. The summed E-state index contributed by atoms with van der Waals surface area (Å²) in [6, 6.07) is 5.53. The summed E-state index contributed by atoms with van der Waals surface area (Å²) in [5, 5.41) is 3.23. The Labute approximate surface area is 180 Å². The van der Waals surface area contributed by atoms with Crippen LogP contribution in [0.25, 0.3) is 11.3 Å². The van der Waals surface area contributed by atoms with Gasteiger partial charge >= 0.3 is 11.9 Å². The van der Waals surface area contributed by atoms with Gasteiger partial charge in [0, 0.05) is 38.2 Å². The van der Waals surface area contributed by atoms with E-state index >= 15 is 0 Å². The van der Waals surface area contributed by atoms with Crippen molar-refractivity contribution in [2.45, 2.75) is 45.4 Å². The Morgan fingerprint density at radius 2 is 2.00 bits per heavy atom. The van der Waals surface area contributed by atoms with Crippen molar-refractivity contribution in [1.29, 1.82) is 0 Å². The second kappa shape index (κ2) is 7.98. The quantitative estimate of drug-likeness (QED) is 0.437. The minimum Gasteiger partial charge on any atom is -0.496 e. The fourth-order valence-electron chi connectivity index (χ4n) is 3.85. The van der Waals surface area contributed by atoms with Crippen LogP contribution in [0.1, 0.15) is 33.6 Å². The number of carbonyl (C=O) groups is 2. The van der Waals surface area contributed by atoms with Crippen molar-refractivity contribution in [1.82, 2.24) is 9.88 Å². The van der Waals surface area contributed by atoms with Crippen molar-refractivity contribution < 1.29 is 28.2 Å². The van der Waals surface area contributed by atoms with Crippen LogP contribution in [0.15, 0.2) is 46.6 Å². The number of aromatic nitrogens is 1. The number of hydrogen-bond donors (Lipinski definition) is 1. The topological polar surface area (TPSA) is 103 Å². The van der Waals surface area contributed by atoms with Crippen LogP contribution < -0.4 is 10.1 Å². The van der Waals surface area contributed by atoms with Crippen LogP contribution >= 0.6 is 0 Å². The molecule has 9 nitrogen and oxygen atoms in total. The molecule has 0 saturated carbocycles. The smallest absolute Gasteiger partial charge is 0.352 e. The maximum atomic E-state index is 12.8. The van der Waals surface area contributed by atoms with Gasteiger partial charge in [-0.1, -0.05) is 0 Å². The zero-order chi connectivity index (χ0) is 22.2. The van der Waals surface area contributed by atoms with E-state index in [2.05, 4.69) is 10.3 Å². The molecule has 2 aromatic rings. The molecule has 0 unspecified atom stereocenters. The number of ether oxygens (including phenoxy) is 3. The first-order valence-corrected chi connectivity index (χ1v) is 10.1. The number of cyclic esters (lactones) is 2. The van der Waals surface area contributed by atoms with Gasteiger partial charge in [0.15, 0.2) is 17.7 Å². The van der Waals surface area contributed by atoms with Crippen LogP contribution in [-0.4, -0.2) is 47.3 Å². The van der Waals surface area contributed by atoms with Gasteiger partial charge in [-0.15, -0.1) is 0 Å². The zero-order valence-electron chi connectivity index (χ0n) is 17.9. The molecular weight excluding hydrogens is 402 g/mol. The largest absolute Gasteiger partial charge is 0.496 e. The number of esters is 2. The number of hydrogen-bond acceptors (Lipinski definition) is 9. The second-order valence-electron chi connectivity index (χ2n) is 7.99. The summed E-state index contributed by atoms with van der Waals surface area (Å²) < 4.78 is 21.5. The number of anilines is 1. The van der Waals surface area contributed by atoms with Crippen LogP contribution in [0, 0.1) is 0 Å². The number of nitrogens with one attached hydrogen (secondary N) is 1. The van der Waals surface area contributed by atoms with Gasteiger partial charge in [-0.25, -0.2) is 14.6 Å². The molecule has 0 bridgehead atoms. The van der Waals surface area contributed by atoms with E-state index in [9.17, 15) is 9.59 Å². The van der Waals surface area contributed by atoms with Crippen LogP contribution in [0.2, 0.25) is 0 Å². The third kappa shape index (κ3) is 4.08. The molecule has 1 aromatic heterocycles. The summed E-state index contributed by atoms with van der Waals surface area (Å²) in [5.41, 5.74) is 1.21. The van der Waals surface area contributed by atoms with Crippen LogP contribution in [-0.2, 0) is 19.1 Å². The van der Waals surface area contributed by atoms with E-state index in [-0.39, 0.29) is 11.6 Å². The molecule has 1 aromatic carbocycles. The van der Waals surface area contributed by atoms with Gasteiger partial charge in [-0.2, -0.15) is 0 Å². The number of likely N-dealkylation sites (tertiary alicyclic amines) is 1. The molecule has 4 rings (SSSR count). The fraction of sp³-hybridized carbons (Fsp3) is 0.409. The van der Waals surface area contributed by atoms with Crippen molar-refractivity contribution in [3.63, 3.8) is 0 Å². The van der Waals surface area contributed by atoms with E-state index in [1.54, 1.807) is 19.4 Å². The lowest BCUT2D eigenvalue weighted by molar-refractivity contribution is -0.222. The Kier molecular flexibility index (Phi) is 5.34. The lowest BCUT2D eigenvalue weighted by Gasteiger charge is -2.34. The van der Waals surface area contributed by atoms with E-state index in [1.807, 2.05) is 24.0 Å². The first-order valence-electron chi connectivity index (χ1n) is 10.1. The lowest BCUT2D eigenvalue weighted by Crippen LogP contribution is -2.45. The molecule has 31 heavy (non-hydrogen) atoms. The number of oxazole rings is 1. The molecule has 0 aliphatic carbocycles. The Balaban J connectivity index is 1.74. The SMILES string of the molecule is COc1cc(NC(=C2C(=O)OC(C)(C)OC2=O)N2CCC[C@H]2C)ccc1-c1cnco1. The Morgan fingerprint density at radius 1 is 1.26 bits per heavy atom. The van der Waals surface area contributed by atoms with Crippen molar-refractivity contribution in [3.05, 3.63) is 42.2 Å². The first kappa shape index (κ1) is 20.8. The van der Waals surface area contributed by atoms with Gasteiger partial charge in [-0.3, -0.25) is 0 Å². The summed E-state index contributed by atoms with van der Waals surface area (Å²) in [4.78, 5) is 31.4. The van der Waals surface area contributed by atoms with E-state index < -0.39 is 17.7 Å². The standard InChI is InChI=1S/C22H25N3O6/c1-13-6-5-9-25(13)19(18-20(26)30-22(2,3)31-21(18)27)24-14-7-8-15(16(10-14)28-4)17-11-23-12-29-17/h7-8,10-13,24H,5-6,9H2,1-4H3/t13-/m1/s1. The minimum atomic E-state index is -1.30. The highest BCUT2D eigenvalue weighted by molar-refractivity contribution is 6.16. The van der Waals surface area contributed by atoms with Gasteiger partial charge in [0.05, 0.1) is 18.9 Å². The number of carbonyl (C=O) groups excluding carboxylic acids is 2. The molecule has 2 aliphatic heterocycles. The van der Waals surface area contributed by atoms with Crippen molar-refractivity contribution >= 4 is 17.6 Å². The molecule has 2 fully saturated rings. The normalized spacial score (nSPS) is 20.3. The molecule has 164 valence electrons. The molecular formula is C22H25N3O6. The van der Waals surface area contributed by atoms with E-state index in [0.29, 0.717) is 29.6 Å². The van der Waals surface area contributed by atoms with Crippen molar-refractivity contribution in [2.75, 3.05) is 19.0 Å². The maximum absolute atomic E-state index is 12.8. The van der Waals surface area contributed by atoms with Crippen molar-refractivity contribution in [2.24, 2.45) is 0 Å². The van der Waals surface area contributed by atoms with Crippen LogP contribution in [0.5, 0.6) is 5.75 Å². The van der Waals surface area contributed by atoms with Crippen LogP contribution in [0.4, 0.5) is 5.69 Å². The molecule has 2 saturated heterocycles. The highest BCUT2D eigenvalue weighted by Crippen LogP contribution is 2.35. The van der Waals surface area contributed by atoms with Gasteiger partial charge in [0.2, 0.25) is 0 Å². The van der Waals surface area contributed by atoms with Gasteiger partial charge in [0.1, 0.15) is 11.6 Å². The Morgan fingerprint density at radius 3 is 2.58 bits per heavy atom. The molecule has 0 amide bonds. The average molecular weight is 427 g/mol. The minimum absolute atomic E-state index is 0.140. The van der Waals surface area contributed by atoms with Gasteiger partial charge in [0.25, 0.3) is 5.79 Å². The number of methoxy groups -OCH3 is 1. The summed E-state index contributed by atoms with van der Waals surface area (Å²) in [6.07, 6.45) is 4.84. The van der Waals surface area contributed by atoms with E-state index in [1.165, 1.54) is 20.2 Å². The molecule has 3 heterocycles. The van der Waals surface area contributed by atoms with Crippen LogP contribution in [0.3, 0.4) is 0 Å². The molecule has 1 atom stereocenters.